The van der Waals surface area contributed by atoms with Crippen molar-refractivity contribution >= 4 is 23.4 Å². The SMILES string of the molecule is CC1(NC(=O)OCc2ccccc2)Cc2cc(C(=O)O)sc2C1. The lowest BCUT2D eigenvalue weighted by atomic mass is 9.99. The van der Waals surface area contributed by atoms with E-state index in [9.17, 15) is 9.59 Å². The van der Waals surface area contributed by atoms with Gasteiger partial charge in [0.15, 0.2) is 0 Å². The van der Waals surface area contributed by atoms with Crippen molar-refractivity contribution in [1.82, 2.24) is 5.32 Å². The van der Waals surface area contributed by atoms with Crippen LogP contribution in [0.2, 0.25) is 0 Å². The van der Waals surface area contributed by atoms with E-state index >= 15 is 0 Å². The zero-order valence-electron chi connectivity index (χ0n) is 12.7. The van der Waals surface area contributed by atoms with Crippen molar-refractivity contribution in [3.05, 3.63) is 57.3 Å². The van der Waals surface area contributed by atoms with Crippen LogP contribution in [0.4, 0.5) is 4.79 Å². The summed E-state index contributed by atoms with van der Waals surface area (Å²) in [6, 6.07) is 11.2. The molecule has 120 valence electrons. The Labute approximate surface area is 137 Å². The van der Waals surface area contributed by atoms with Gasteiger partial charge in [0.25, 0.3) is 0 Å². The highest BCUT2D eigenvalue weighted by molar-refractivity contribution is 7.14. The zero-order chi connectivity index (χ0) is 16.4. The van der Waals surface area contributed by atoms with E-state index in [2.05, 4.69) is 5.32 Å². The monoisotopic (exact) mass is 331 g/mol. The van der Waals surface area contributed by atoms with Gasteiger partial charge in [-0.05, 0) is 30.5 Å². The number of benzene rings is 1. The first-order valence-electron chi connectivity index (χ1n) is 7.29. The molecule has 23 heavy (non-hydrogen) atoms. The number of hydrogen-bond donors (Lipinski definition) is 2. The van der Waals surface area contributed by atoms with Gasteiger partial charge in [-0.1, -0.05) is 30.3 Å². The maximum atomic E-state index is 12.0. The highest BCUT2D eigenvalue weighted by Crippen LogP contribution is 2.36. The van der Waals surface area contributed by atoms with E-state index < -0.39 is 17.6 Å². The van der Waals surface area contributed by atoms with Crippen LogP contribution in [-0.4, -0.2) is 22.7 Å². The number of ether oxygens (including phenoxy) is 1. The summed E-state index contributed by atoms with van der Waals surface area (Å²) in [7, 11) is 0. The maximum Gasteiger partial charge on any atom is 0.407 e. The summed E-state index contributed by atoms with van der Waals surface area (Å²) >= 11 is 1.28. The molecule has 5 nitrogen and oxygen atoms in total. The Balaban J connectivity index is 1.56. The predicted octanol–water partition coefficient (Wildman–Crippen LogP) is 3.23. The predicted molar refractivity (Wildman–Crippen MR) is 86.9 cm³/mol. The Morgan fingerprint density at radius 3 is 2.70 bits per heavy atom. The fraction of sp³-hybridized carbons (Fsp3) is 0.294. The molecule has 1 unspecified atom stereocenters. The summed E-state index contributed by atoms with van der Waals surface area (Å²) in [4.78, 5) is 24.4. The molecular weight excluding hydrogens is 314 g/mol. The van der Waals surface area contributed by atoms with Crippen LogP contribution in [0.1, 0.15) is 32.6 Å². The number of hydrogen-bond acceptors (Lipinski definition) is 4. The lowest BCUT2D eigenvalue weighted by Gasteiger charge is -2.25. The molecule has 6 heteroatoms. The topological polar surface area (TPSA) is 75.6 Å². The first-order chi connectivity index (χ1) is 11.0. The van der Waals surface area contributed by atoms with E-state index in [4.69, 9.17) is 9.84 Å². The minimum atomic E-state index is -0.902. The molecule has 0 radical (unpaired) electrons. The van der Waals surface area contributed by atoms with Crippen molar-refractivity contribution in [2.45, 2.75) is 31.9 Å². The van der Waals surface area contributed by atoms with Gasteiger partial charge < -0.3 is 15.2 Å². The van der Waals surface area contributed by atoms with Crippen molar-refractivity contribution in [3.8, 4) is 0 Å². The number of rotatable bonds is 4. The Morgan fingerprint density at radius 2 is 2.04 bits per heavy atom. The van der Waals surface area contributed by atoms with Crippen LogP contribution in [0, 0.1) is 0 Å². The molecular formula is C17H17NO4S. The number of amides is 1. The fourth-order valence-corrected chi connectivity index (χ4v) is 4.01. The number of carbonyl (C=O) groups excluding carboxylic acids is 1. The number of nitrogens with one attached hydrogen (secondary N) is 1. The number of fused-ring (bicyclic) bond motifs is 1. The van der Waals surface area contributed by atoms with Gasteiger partial charge in [0.05, 0.1) is 0 Å². The molecule has 0 spiro atoms. The number of alkyl carbamates (subject to hydrolysis) is 1. The maximum absolute atomic E-state index is 12.0. The Bertz CT molecular complexity index is 715. The third kappa shape index (κ3) is 3.53. The number of aromatic carboxylic acids is 1. The highest BCUT2D eigenvalue weighted by atomic mass is 32.1. The number of carboxylic acid groups (broad SMARTS) is 1. The molecule has 3 rings (SSSR count). The normalized spacial score (nSPS) is 19.2. The van der Waals surface area contributed by atoms with Gasteiger partial charge in [0.1, 0.15) is 11.5 Å². The average molecular weight is 331 g/mol. The van der Waals surface area contributed by atoms with Crippen molar-refractivity contribution < 1.29 is 19.4 Å². The lowest BCUT2D eigenvalue weighted by Crippen LogP contribution is -2.46. The van der Waals surface area contributed by atoms with Gasteiger partial charge in [-0.15, -0.1) is 11.3 Å². The minimum absolute atomic E-state index is 0.230. The number of carbonyl (C=O) groups is 2. The second-order valence-corrected chi connectivity index (χ2v) is 7.10. The molecule has 1 aliphatic rings. The van der Waals surface area contributed by atoms with Crippen LogP contribution in [0.15, 0.2) is 36.4 Å². The molecule has 1 amide bonds. The molecule has 1 aromatic heterocycles. The Hall–Kier alpha value is -2.34. The molecule has 0 fully saturated rings. The smallest absolute Gasteiger partial charge is 0.407 e. The van der Waals surface area contributed by atoms with Gasteiger partial charge >= 0.3 is 12.1 Å². The average Bonchev–Trinajstić information content (AvgIpc) is 3.01. The summed E-state index contributed by atoms with van der Waals surface area (Å²) in [5.74, 6) is -0.902. The summed E-state index contributed by atoms with van der Waals surface area (Å²) in [6.07, 6.45) is 0.790. The van der Waals surface area contributed by atoms with Crippen LogP contribution in [0.3, 0.4) is 0 Å². The third-order valence-corrected chi connectivity index (χ3v) is 5.02. The van der Waals surface area contributed by atoms with E-state index in [1.165, 1.54) is 11.3 Å². The molecule has 1 atom stereocenters. The second-order valence-electron chi connectivity index (χ2n) is 5.97. The molecule has 2 N–H and O–H groups in total. The van der Waals surface area contributed by atoms with E-state index in [0.717, 1.165) is 16.0 Å². The van der Waals surface area contributed by atoms with Gasteiger partial charge in [-0.25, -0.2) is 9.59 Å². The fourth-order valence-electron chi connectivity index (χ4n) is 2.80. The molecule has 0 saturated carbocycles. The van der Waals surface area contributed by atoms with Crippen LogP contribution in [0.25, 0.3) is 0 Å². The lowest BCUT2D eigenvalue weighted by molar-refractivity contribution is 0.0701. The Kier molecular flexibility index (Phi) is 4.09. The molecule has 1 aromatic carbocycles. The molecule has 2 aromatic rings. The standard InChI is InChI=1S/C17H17NO4S/c1-17(8-12-7-13(15(19)20)23-14(12)9-17)18-16(21)22-10-11-5-3-2-4-6-11/h2-7H,8-10H2,1H3,(H,18,21)(H,19,20). The van der Waals surface area contributed by atoms with Crippen LogP contribution < -0.4 is 5.32 Å². The van der Waals surface area contributed by atoms with E-state index in [1.807, 2.05) is 37.3 Å². The van der Waals surface area contributed by atoms with E-state index in [-0.39, 0.29) is 6.61 Å². The zero-order valence-corrected chi connectivity index (χ0v) is 13.5. The highest BCUT2D eigenvalue weighted by Gasteiger charge is 2.36. The Morgan fingerprint density at radius 1 is 1.30 bits per heavy atom. The third-order valence-electron chi connectivity index (χ3n) is 3.86. The van der Waals surface area contributed by atoms with E-state index in [0.29, 0.717) is 17.7 Å². The first-order valence-corrected chi connectivity index (χ1v) is 8.11. The van der Waals surface area contributed by atoms with Crippen LogP contribution >= 0.6 is 11.3 Å². The molecule has 1 aliphatic carbocycles. The summed E-state index contributed by atoms with van der Waals surface area (Å²) in [6.45, 7) is 2.18. The first kappa shape index (κ1) is 15.6. The van der Waals surface area contributed by atoms with Gasteiger partial charge in [-0.3, -0.25) is 0 Å². The summed E-state index contributed by atoms with van der Waals surface area (Å²) < 4.78 is 5.25. The minimum Gasteiger partial charge on any atom is -0.477 e. The molecule has 0 bridgehead atoms. The molecule has 1 heterocycles. The van der Waals surface area contributed by atoms with Crippen LogP contribution in [0.5, 0.6) is 0 Å². The molecule has 0 aliphatic heterocycles. The largest absolute Gasteiger partial charge is 0.477 e. The van der Waals surface area contributed by atoms with Gasteiger partial charge in [0, 0.05) is 16.8 Å². The quantitative estimate of drug-likeness (QED) is 0.902. The summed E-state index contributed by atoms with van der Waals surface area (Å²) in [5, 5.41) is 11.9. The second kappa shape index (κ2) is 6.04. The van der Waals surface area contributed by atoms with E-state index in [1.54, 1.807) is 6.07 Å². The summed E-state index contributed by atoms with van der Waals surface area (Å²) in [5.41, 5.74) is 1.51. The van der Waals surface area contributed by atoms with Crippen molar-refractivity contribution in [3.63, 3.8) is 0 Å². The molecule has 0 saturated heterocycles. The van der Waals surface area contributed by atoms with Crippen molar-refractivity contribution in [1.29, 1.82) is 0 Å². The van der Waals surface area contributed by atoms with Crippen molar-refractivity contribution in [2.75, 3.05) is 0 Å². The number of thiophene rings is 1. The van der Waals surface area contributed by atoms with Gasteiger partial charge in [0.2, 0.25) is 0 Å². The van der Waals surface area contributed by atoms with Crippen molar-refractivity contribution in [2.24, 2.45) is 0 Å². The van der Waals surface area contributed by atoms with Crippen LogP contribution in [-0.2, 0) is 24.2 Å². The van der Waals surface area contributed by atoms with Gasteiger partial charge in [-0.2, -0.15) is 0 Å². The number of carboxylic acids is 1.